The number of piperidine rings is 1. The van der Waals surface area contributed by atoms with Crippen molar-refractivity contribution in [2.75, 3.05) is 29.6 Å². The average Bonchev–Trinajstić information content (AvgIpc) is 2.76. The third kappa shape index (κ3) is 4.36. The number of rotatable bonds is 5. The molecule has 7 heteroatoms. The van der Waals surface area contributed by atoms with Crippen molar-refractivity contribution in [1.82, 2.24) is 9.78 Å². The maximum absolute atomic E-state index is 13.0. The molecule has 0 saturated carbocycles. The van der Waals surface area contributed by atoms with Crippen LogP contribution in [0.5, 0.6) is 0 Å². The molecule has 1 aromatic heterocycles. The van der Waals surface area contributed by atoms with E-state index in [-0.39, 0.29) is 18.0 Å². The number of hydrogen-bond acceptors (Lipinski definition) is 5. The van der Waals surface area contributed by atoms with Gasteiger partial charge in [0.1, 0.15) is 6.54 Å². The van der Waals surface area contributed by atoms with Crippen molar-refractivity contribution >= 4 is 39.9 Å². The number of carbonyl (C=O) groups excluding carboxylic acids is 1. The summed E-state index contributed by atoms with van der Waals surface area (Å²) in [5.74, 6) is 1.09. The molecule has 0 spiro atoms. The first kappa shape index (κ1) is 20.5. The predicted molar refractivity (Wildman–Crippen MR) is 123 cm³/mol. The maximum atomic E-state index is 13.0. The van der Waals surface area contributed by atoms with Gasteiger partial charge in [-0.1, -0.05) is 31.2 Å². The number of carbonyl (C=O) groups is 1. The van der Waals surface area contributed by atoms with Crippen LogP contribution < -0.4 is 15.8 Å². The maximum Gasteiger partial charge on any atom is 0.275 e. The number of anilines is 2. The number of hydrogen-bond donors (Lipinski definition) is 1. The minimum atomic E-state index is -0.268. The Morgan fingerprint density at radius 2 is 2.00 bits per heavy atom. The van der Waals surface area contributed by atoms with Crippen molar-refractivity contribution in [1.29, 1.82) is 0 Å². The van der Waals surface area contributed by atoms with Crippen LogP contribution in [-0.4, -0.2) is 35.0 Å². The molecule has 6 nitrogen and oxygen atoms in total. The van der Waals surface area contributed by atoms with E-state index in [1.54, 1.807) is 11.8 Å². The average molecular weight is 423 g/mol. The molecule has 1 amide bonds. The van der Waals surface area contributed by atoms with Gasteiger partial charge in [-0.2, -0.15) is 5.10 Å². The van der Waals surface area contributed by atoms with Crippen molar-refractivity contribution in [2.24, 2.45) is 5.92 Å². The molecule has 2 heterocycles. The van der Waals surface area contributed by atoms with Gasteiger partial charge in [0.05, 0.1) is 5.39 Å². The molecular weight excluding hydrogens is 396 g/mol. The third-order valence-corrected chi connectivity index (χ3v) is 6.18. The van der Waals surface area contributed by atoms with Gasteiger partial charge in [0.15, 0.2) is 5.82 Å². The summed E-state index contributed by atoms with van der Waals surface area (Å²) in [7, 11) is 0. The van der Waals surface area contributed by atoms with Crippen LogP contribution in [0.15, 0.2) is 58.2 Å². The first-order chi connectivity index (χ1) is 14.5. The SMILES string of the molecule is CSc1cccc(NC(=O)Cn2nc(N3CCC[C@H](C)C3)c3ccccc3c2=O)c1. The number of benzene rings is 2. The molecule has 1 saturated heterocycles. The monoisotopic (exact) mass is 422 g/mol. The molecule has 1 aliphatic heterocycles. The molecule has 30 heavy (non-hydrogen) atoms. The normalized spacial score (nSPS) is 16.6. The molecule has 1 aliphatic rings. The standard InChI is InChI=1S/C23H26N4O2S/c1-16-7-6-12-26(14-16)22-19-10-3-4-11-20(19)23(29)27(25-22)15-21(28)24-17-8-5-9-18(13-17)30-2/h3-5,8-11,13,16H,6-7,12,14-15H2,1-2H3,(H,24,28)/t16-/m0/s1. The molecule has 1 fully saturated rings. The van der Waals surface area contributed by atoms with Crippen LogP contribution in [0, 0.1) is 5.92 Å². The van der Waals surface area contributed by atoms with E-state index in [2.05, 4.69) is 22.2 Å². The first-order valence-electron chi connectivity index (χ1n) is 10.2. The van der Waals surface area contributed by atoms with E-state index in [1.807, 2.05) is 54.8 Å². The van der Waals surface area contributed by atoms with Gasteiger partial charge in [-0.15, -0.1) is 11.8 Å². The molecule has 0 bridgehead atoms. The van der Waals surface area contributed by atoms with E-state index < -0.39 is 0 Å². The molecule has 4 rings (SSSR count). The molecule has 0 radical (unpaired) electrons. The van der Waals surface area contributed by atoms with E-state index in [0.717, 1.165) is 35.6 Å². The number of aromatic nitrogens is 2. The molecule has 1 atom stereocenters. The Bertz CT molecular complexity index is 1130. The van der Waals surface area contributed by atoms with Gasteiger partial charge in [-0.3, -0.25) is 9.59 Å². The summed E-state index contributed by atoms with van der Waals surface area (Å²) >= 11 is 1.61. The van der Waals surface area contributed by atoms with Gasteiger partial charge in [-0.25, -0.2) is 4.68 Å². The summed E-state index contributed by atoms with van der Waals surface area (Å²) in [4.78, 5) is 29.0. The fraction of sp³-hybridized carbons (Fsp3) is 0.348. The smallest absolute Gasteiger partial charge is 0.275 e. The van der Waals surface area contributed by atoms with E-state index in [9.17, 15) is 9.59 Å². The second-order valence-corrected chi connectivity index (χ2v) is 8.69. The molecule has 156 valence electrons. The number of nitrogens with zero attached hydrogens (tertiary/aromatic N) is 3. The summed E-state index contributed by atoms with van der Waals surface area (Å²) in [6, 6.07) is 15.2. The van der Waals surface area contributed by atoms with E-state index in [0.29, 0.717) is 17.0 Å². The summed E-state index contributed by atoms with van der Waals surface area (Å²) in [5.41, 5.74) is 0.471. The molecule has 2 aromatic carbocycles. The molecule has 1 N–H and O–H groups in total. The number of thioether (sulfide) groups is 1. The van der Waals surface area contributed by atoms with Crippen LogP contribution >= 0.6 is 11.8 Å². The largest absolute Gasteiger partial charge is 0.354 e. The van der Waals surface area contributed by atoms with Gasteiger partial charge in [0.2, 0.25) is 5.91 Å². The van der Waals surface area contributed by atoms with Crippen LogP contribution in [0.3, 0.4) is 0 Å². The van der Waals surface area contributed by atoms with Gasteiger partial charge >= 0.3 is 0 Å². The highest BCUT2D eigenvalue weighted by Crippen LogP contribution is 2.27. The van der Waals surface area contributed by atoms with Crippen LogP contribution in [0.1, 0.15) is 19.8 Å². The Labute approximate surface area is 180 Å². The lowest BCUT2D eigenvalue weighted by molar-refractivity contribution is -0.117. The summed E-state index contributed by atoms with van der Waals surface area (Å²) in [6.45, 7) is 3.93. The highest BCUT2D eigenvalue weighted by molar-refractivity contribution is 7.98. The lowest BCUT2D eigenvalue weighted by Gasteiger charge is -2.32. The highest BCUT2D eigenvalue weighted by atomic mass is 32.2. The Morgan fingerprint density at radius 3 is 2.77 bits per heavy atom. The van der Waals surface area contributed by atoms with Crippen LogP contribution in [-0.2, 0) is 11.3 Å². The quantitative estimate of drug-likeness (QED) is 0.630. The summed E-state index contributed by atoms with van der Waals surface area (Å²) < 4.78 is 1.30. The Balaban J connectivity index is 1.65. The molecular formula is C23H26N4O2S. The van der Waals surface area contributed by atoms with Crippen molar-refractivity contribution in [3.8, 4) is 0 Å². The third-order valence-electron chi connectivity index (χ3n) is 5.45. The highest BCUT2D eigenvalue weighted by Gasteiger charge is 2.22. The van der Waals surface area contributed by atoms with Gasteiger partial charge in [0, 0.05) is 29.1 Å². The first-order valence-corrected chi connectivity index (χ1v) is 11.5. The van der Waals surface area contributed by atoms with Crippen molar-refractivity contribution < 1.29 is 4.79 Å². The number of fused-ring (bicyclic) bond motifs is 1. The fourth-order valence-corrected chi connectivity index (χ4v) is 4.44. The van der Waals surface area contributed by atoms with E-state index in [4.69, 9.17) is 0 Å². The van der Waals surface area contributed by atoms with Gasteiger partial charge < -0.3 is 10.2 Å². The lowest BCUT2D eigenvalue weighted by atomic mass is 10.00. The van der Waals surface area contributed by atoms with Gasteiger partial charge in [-0.05, 0) is 49.3 Å². The minimum absolute atomic E-state index is 0.121. The zero-order valence-corrected chi connectivity index (χ0v) is 18.1. The fourth-order valence-electron chi connectivity index (χ4n) is 3.98. The van der Waals surface area contributed by atoms with Crippen molar-refractivity contribution in [3.05, 3.63) is 58.9 Å². The Hall–Kier alpha value is -2.80. The zero-order chi connectivity index (χ0) is 21.1. The van der Waals surface area contributed by atoms with Crippen LogP contribution in [0.4, 0.5) is 11.5 Å². The molecule has 0 aliphatic carbocycles. The Morgan fingerprint density at radius 1 is 1.20 bits per heavy atom. The van der Waals surface area contributed by atoms with Gasteiger partial charge in [0.25, 0.3) is 5.56 Å². The van der Waals surface area contributed by atoms with Crippen LogP contribution in [0.2, 0.25) is 0 Å². The van der Waals surface area contributed by atoms with E-state index in [1.165, 1.54) is 11.1 Å². The lowest BCUT2D eigenvalue weighted by Crippen LogP contribution is -2.38. The Kier molecular flexibility index (Phi) is 6.08. The number of nitrogens with one attached hydrogen (secondary N) is 1. The summed E-state index contributed by atoms with van der Waals surface area (Å²) in [5, 5.41) is 8.96. The predicted octanol–water partition coefficient (Wildman–Crippen LogP) is 3.99. The zero-order valence-electron chi connectivity index (χ0n) is 17.3. The second kappa shape index (κ2) is 8.92. The molecule has 3 aromatic rings. The second-order valence-electron chi connectivity index (χ2n) is 7.81. The topological polar surface area (TPSA) is 67.2 Å². The number of amides is 1. The minimum Gasteiger partial charge on any atom is -0.354 e. The van der Waals surface area contributed by atoms with Crippen LogP contribution in [0.25, 0.3) is 10.8 Å². The van der Waals surface area contributed by atoms with E-state index >= 15 is 0 Å². The van der Waals surface area contributed by atoms with Crippen molar-refractivity contribution in [3.63, 3.8) is 0 Å². The van der Waals surface area contributed by atoms with Crippen molar-refractivity contribution in [2.45, 2.75) is 31.2 Å². The molecule has 0 unspecified atom stereocenters. The summed E-state index contributed by atoms with van der Waals surface area (Å²) in [6.07, 6.45) is 4.29.